The number of anilines is 2. The molecular weight excluding hydrogens is 642 g/mol. The van der Waals surface area contributed by atoms with E-state index in [4.69, 9.17) is 4.74 Å². The normalized spacial score (nSPS) is 24.1. The van der Waals surface area contributed by atoms with E-state index in [1.807, 2.05) is 26.0 Å². The molecule has 3 aromatic rings. The smallest absolute Gasteiger partial charge is 0.393 e. The Labute approximate surface area is 271 Å². The maximum absolute atomic E-state index is 14.8. The molecule has 0 aliphatic carbocycles. The van der Waals surface area contributed by atoms with Gasteiger partial charge < -0.3 is 29.7 Å². The van der Waals surface area contributed by atoms with E-state index in [9.17, 15) is 26.5 Å². The number of hydrogen-bond acceptors (Lipinski definition) is 7. The summed E-state index contributed by atoms with van der Waals surface area (Å²) in [6.45, 7) is -0.0120. The number of nitrogens with one attached hydrogen (secondary N) is 2. The molecule has 2 aromatic carbocycles. The van der Waals surface area contributed by atoms with Crippen molar-refractivity contribution in [3.63, 3.8) is 0 Å². The molecule has 3 heterocycles. The van der Waals surface area contributed by atoms with E-state index >= 15 is 0 Å². The second-order valence-corrected chi connectivity index (χ2v) is 16.5. The first kappa shape index (κ1) is 34.5. The standard InChI is InChI=1S/C33H40F5N4O2PS/c1-41(2)22-12-16-45(43,17-13-22)23-9-10-28(30(18-23)44-21-34)39-14-5-8-31-25(19-33(36,37)38)24-6-4-7-29(32(24)46-31)40-27-11-15-42(3)20-26(27)35/h4,6-7,9-10,18,22,26-27,39-40H,11-17,19-21H2,1-3H3/t22?,26-,27+,45?/m0/s1. The number of ether oxygens (including phenoxy) is 1. The maximum atomic E-state index is 14.8. The predicted octanol–water partition coefficient (Wildman–Crippen LogP) is 6.94. The highest BCUT2D eigenvalue weighted by molar-refractivity contribution is 7.71. The van der Waals surface area contributed by atoms with Crippen LogP contribution in [-0.2, 0) is 11.0 Å². The number of nitrogens with zero attached hydrogens (tertiary/aromatic N) is 2. The first-order valence-electron chi connectivity index (χ1n) is 15.4. The minimum absolute atomic E-state index is 0.0497. The van der Waals surface area contributed by atoms with Crippen LogP contribution in [0.2, 0.25) is 0 Å². The monoisotopic (exact) mass is 682 g/mol. The summed E-state index contributed by atoms with van der Waals surface area (Å²) in [6.07, 6.45) is -3.33. The van der Waals surface area contributed by atoms with Gasteiger partial charge in [0.05, 0.1) is 40.0 Å². The Bertz CT molecular complexity index is 1620. The minimum Gasteiger partial charge on any atom is -0.461 e. The van der Waals surface area contributed by atoms with Crippen LogP contribution in [0.1, 0.15) is 29.7 Å². The second-order valence-electron chi connectivity index (χ2n) is 12.3. The molecule has 0 bridgehead atoms. The zero-order valence-electron chi connectivity index (χ0n) is 26.2. The Morgan fingerprint density at radius 2 is 1.89 bits per heavy atom. The molecular formula is C33H40F5N4O2PS. The van der Waals surface area contributed by atoms with Crippen LogP contribution in [0.15, 0.2) is 36.4 Å². The van der Waals surface area contributed by atoms with Crippen molar-refractivity contribution in [3.05, 3.63) is 46.8 Å². The molecule has 13 heteroatoms. The van der Waals surface area contributed by atoms with Gasteiger partial charge in [0, 0.05) is 36.8 Å². The van der Waals surface area contributed by atoms with Crippen molar-refractivity contribution < 1.29 is 31.3 Å². The van der Waals surface area contributed by atoms with Crippen LogP contribution in [0.3, 0.4) is 0 Å². The van der Waals surface area contributed by atoms with E-state index in [-0.39, 0.29) is 22.7 Å². The SMILES string of the molecule is CN1CC[C@@H](Nc2cccc3c(CC(F)(F)F)c(C#CCNc4ccc(P5(=O)CCC(N(C)C)CC5)cc4OCF)sc23)[C@@H](F)C1. The van der Waals surface area contributed by atoms with Crippen LogP contribution in [0.5, 0.6) is 5.75 Å². The van der Waals surface area contributed by atoms with Crippen molar-refractivity contribution in [1.29, 1.82) is 0 Å². The zero-order chi connectivity index (χ0) is 33.1. The highest BCUT2D eigenvalue weighted by Crippen LogP contribution is 2.50. The van der Waals surface area contributed by atoms with Crippen molar-refractivity contribution >= 4 is 45.2 Å². The maximum Gasteiger partial charge on any atom is 0.393 e. The fourth-order valence-corrected chi connectivity index (χ4v) is 10.3. The number of piperidine rings is 1. The number of likely N-dealkylation sites (tertiary alicyclic amines) is 1. The average molecular weight is 683 g/mol. The molecule has 0 spiro atoms. The lowest BCUT2D eigenvalue weighted by atomic mass is 10.0. The van der Waals surface area contributed by atoms with Gasteiger partial charge in [-0.25, -0.2) is 8.78 Å². The number of fused-ring (bicyclic) bond motifs is 1. The van der Waals surface area contributed by atoms with Gasteiger partial charge in [-0.3, -0.25) is 0 Å². The molecule has 2 aliphatic heterocycles. The predicted molar refractivity (Wildman–Crippen MR) is 178 cm³/mol. The molecule has 250 valence electrons. The lowest BCUT2D eigenvalue weighted by molar-refractivity contribution is -0.126. The molecule has 5 rings (SSSR count). The molecule has 0 saturated carbocycles. The zero-order valence-corrected chi connectivity index (χ0v) is 27.9. The molecule has 6 nitrogen and oxygen atoms in total. The van der Waals surface area contributed by atoms with E-state index in [0.29, 0.717) is 58.1 Å². The Morgan fingerprint density at radius 1 is 1.13 bits per heavy atom. The van der Waals surface area contributed by atoms with Crippen LogP contribution >= 0.6 is 18.5 Å². The third-order valence-electron chi connectivity index (χ3n) is 8.87. The minimum atomic E-state index is -4.45. The van der Waals surface area contributed by atoms with E-state index in [0.717, 1.165) is 30.7 Å². The number of benzene rings is 2. The molecule has 0 radical (unpaired) electrons. The van der Waals surface area contributed by atoms with Crippen LogP contribution in [0.25, 0.3) is 10.1 Å². The summed E-state index contributed by atoms with van der Waals surface area (Å²) in [6, 6.07) is 10.1. The molecule has 2 aliphatic rings. The van der Waals surface area contributed by atoms with Gasteiger partial charge in [0.2, 0.25) is 6.86 Å². The topological polar surface area (TPSA) is 56.8 Å². The van der Waals surface area contributed by atoms with Crippen molar-refractivity contribution in [2.45, 2.75) is 50.1 Å². The summed E-state index contributed by atoms with van der Waals surface area (Å²) in [5.41, 5.74) is 1.13. The molecule has 0 unspecified atom stereocenters. The van der Waals surface area contributed by atoms with Gasteiger partial charge in [-0.1, -0.05) is 24.0 Å². The third kappa shape index (κ3) is 8.17. The van der Waals surface area contributed by atoms with Crippen LogP contribution < -0.4 is 20.7 Å². The number of rotatable bonds is 9. The Hall–Kier alpha value is -2.84. The highest BCUT2D eigenvalue weighted by atomic mass is 32.1. The summed E-state index contributed by atoms with van der Waals surface area (Å²) < 4.78 is 88.7. The largest absolute Gasteiger partial charge is 0.461 e. The quantitative estimate of drug-likeness (QED) is 0.145. The van der Waals surface area contributed by atoms with E-state index in [1.54, 1.807) is 36.4 Å². The summed E-state index contributed by atoms with van der Waals surface area (Å²) in [7, 11) is 3.24. The summed E-state index contributed by atoms with van der Waals surface area (Å²) >= 11 is 1.15. The van der Waals surface area contributed by atoms with Crippen molar-refractivity contribution in [3.8, 4) is 17.6 Å². The highest BCUT2D eigenvalue weighted by Gasteiger charge is 2.34. The average Bonchev–Trinajstić information content (AvgIpc) is 3.34. The summed E-state index contributed by atoms with van der Waals surface area (Å²) in [5, 5.41) is 7.40. The van der Waals surface area contributed by atoms with Gasteiger partial charge >= 0.3 is 6.18 Å². The second kappa shape index (κ2) is 14.5. The van der Waals surface area contributed by atoms with Gasteiger partial charge in [0.25, 0.3) is 0 Å². The van der Waals surface area contributed by atoms with Gasteiger partial charge in [0.1, 0.15) is 19.1 Å². The number of halogens is 5. The lowest BCUT2D eigenvalue weighted by Crippen LogP contribution is -2.46. The van der Waals surface area contributed by atoms with E-state index < -0.39 is 38.8 Å². The summed E-state index contributed by atoms with van der Waals surface area (Å²) in [5.74, 6) is 6.03. The number of thiophene rings is 1. The molecule has 0 amide bonds. The Morgan fingerprint density at radius 3 is 2.57 bits per heavy atom. The van der Waals surface area contributed by atoms with Gasteiger partial charge in [0.15, 0.2) is 0 Å². The number of alkyl halides is 5. The van der Waals surface area contributed by atoms with Gasteiger partial charge in [-0.2, -0.15) is 13.2 Å². The molecule has 2 N–H and O–H groups in total. The fourth-order valence-electron chi connectivity index (χ4n) is 6.28. The van der Waals surface area contributed by atoms with Gasteiger partial charge in [-0.15, -0.1) is 11.3 Å². The number of hydrogen-bond donors (Lipinski definition) is 2. The van der Waals surface area contributed by atoms with Crippen LogP contribution in [0, 0.1) is 11.8 Å². The van der Waals surface area contributed by atoms with Crippen molar-refractivity contribution in [2.75, 3.05) is 70.6 Å². The lowest BCUT2D eigenvalue weighted by Gasteiger charge is -2.33. The first-order valence-corrected chi connectivity index (χ1v) is 18.3. The molecule has 1 aromatic heterocycles. The molecule has 2 saturated heterocycles. The van der Waals surface area contributed by atoms with Crippen molar-refractivity contribution in [2.24, 2.45) is 0 Å². The molecule has 46 heavy (non-hydrogen) atoms. The molecule has 2 fully saturated rings. The van der Waals surface area contributed by atoms with Crippen LogP contribution in [0.4, 0.5) is 33.3 Å². The summed E-state index contributed by atoms with van der Waals surface area (Å²) in [4.78, 5) is 4.34. The Kier molecular flexibility index (Phi) is 10.9. The Balaban J connectivity index is 1.35. The van der Waals surface area contributed by atoms with E-state index in [2.05, 4.69) is 27.4 Å². The van der Waals surface area contributed by atoms with Crippen molar-refractivity contribution in [1.82, 2.24) is 9.80 Å². The van der Waals surface area contributed by atoms with E-state index in [1.165, 1.54) is 0 Å². The fraction of sp³-hybridized carbons (Fsp3) is 0.515. The van der Waals surface area contributed by atoms with Gasteiger partial charge in [-0.05, 0) is 75.6 Å². The third-order valence-corrected chi connectivity index (χ3v) is 13.3. The van der Waals surface area contributed by atoms with Crippen LogP contribution in [-0.4, -0.2) is 94.2 Å². The first-order chi connectivity index (χ1) is 21.9. The molecule has 2 atom stereocenters.